The largest absolute Gasteiger partial charge is 0.384 e. The van der Waals surface area contributed by atoms with Gasteiger partial charge in [-0.05, 0) is 29.2 Å². The molecular weight excluding hydrogens is 296 g/mol. The van der Waals surface area contributed by atoms with E-state index >= 15 is 0 Å². The summed E-state index contributed by atoms with van der Waals surface area (Å²) in [5.41, 5.74) is 2.56. The van der Waals surface area contributed by atoms with Crippen LogP contribution < -0.4 is 0 Å². The SMILES string of the molecule is CC(C)(C)c1ccc(SCc2cc(C#CCO)cs2)cc1. The second-order valence-electron chi connectivity index (χ2n) is 5.82. The van der Waals surface area contributed by atoms with Crippen LogP contribution in [0.5, 0.6) is 0 Å². The van der Waals surface area contributed by atoms with Gasteiger partial charge in [-0.2, -0.15) is 0 Å². The highest BCUT2D eigenvalue weighted by Crippen LogP contribution is 2.29. The molecule has 0 aliphatic rings. The molecule has 0 aliphatic carbocycles. The Morgan fingerprint density at radius 2 is 1.90 bits per heavy atom. The molecule has 21 heavy (non-hydrogen) atoms. The third-order valence-corrected chi connectivity index (χ3v) is 5.25. The Labute approximate surface area is 135 Å². The molecule has 0 saturated heterocycles. The number of rotatable bonds is 3. The zero-order valence-corrected chi connectivity index (χ0v) is 14.3. The molecule has 2 rings (SSSR count). The van der Waals surface area contributed by atoms with Crippen LogP contribution in [-0.2, 0) is 11.2 Å². The van der Waals surface area contributed by atoms with Crippen molar-refractivity contribution in [2.24, 2.45) is 0 Å². The minimum absolute atomic E-state index is 0.0833. The van der Waals surface area contributed by atoms with Crippen molar-refractivity contribution < 1.29 is 5.11 Å². The van der Waals surface area contributed by atoms with Crippen LogP contribution in [0.2, 0.25) is 0 Å². The van der Waals surface area contributed by atoms with Crippen LogP contribution in [0.15, 0.2) is 40.6 Å². The van der Waals surface area contributed by atoms with Crippen molar-refractivity contribution in [3.8, 4) is 11.8 Å². The Bertz CT molecular complexity index is 636. The predicted molar refractivity (Wildman–Crippen MR) is 93.0 cm³/mol. The zero-order chi connectivity index (χ0) is 15.3. The smallest absolute Gasteiger partial charge is 0.104 e. The van der Waals surface area contributed by atoms with Gasteiger partial charge >= 0.3 is 0 Å². The zero-order valence-electron chi connectivity index (χ0n) is 12.6. The Morgan fingerprint density at radius 3 is 2.52 bits per heavy atom. The van der Waals surface area contributed by atoms with Gasteiger partial charge < -0.3 is 5.11 Å². The van der Waals surface area contributed by atoms with Gasteiger partial charge in [-0.3, -0.25) is 0 Å². The van der Waals surface area contributed by atoms with Gasteiger partial charge in [0, 0.05) is 26.5 Å². The Balaban J connectivity index is 1.95. The second-order valence-corrected chi connectivity index (χ2v) is 7.87. The van der Waals surface area contributed by atoms with E-state index in [2.05, 4.69) is 62.9 Å². The van der Waals surface area contributed by atoms with Crippen LogP contribution >= 0.6 is 23.1 Å². The molecule has 2 aromatic rings. The third kappa shape index (κ3) is 4.93. The second kappa shape index (κ2) is 7.17. The third-order valence-electron chi connectivity index (χ3n) is 3.07. The molecule has 110 valence electrons. The van der Waals surface area contributed by atoms with E-state index in [9.17, 15) is 0 Å². The first kappa shape index (κ1) is 16.2. The first-order valence-corrected chi connectivity index (χ1v) is 8.76. The molecule has 0 saturated carbocycles. The van der Waals surface area contributed by atoms with E-state index < -0.39 is 0 Å². The number of thiophene rings is 1. The lowest BCUT2D eigenvalue weighted by Crippen LogP contribution is -2.10. The van der Waals surface area contributed by atoms with Crippen LogP contribution in [0.3, 0.4) is 0 Å². The van der Waals surface area contributed by atoms with Crippen molar-refractivity contribution in [2.75, 3.05) is 6.61 Å². The maximum atomic E-state index is 8.69. The number of hydrogen-bond acceptors (Lipinski definition) is 3. The van der Waals surface area contributed by atoms with E-state index in [1.807, 2.05) is 17.1 Å². The van der Waals surface area contributed by atoms with Crippen LogP contribution in [0, 0.1) is 11.8 Å². The molecule has 0 atom stereocenters. The molecule has 3 heteroatoms. The summed E-state index contributed by atoms with van der Waals surface area (Å²) in [5, 5.41) is 10.7. The summed E-state index contributed by atoms with van der Waals surface area (Å²) in [6.07, 6.45) is 0. The van der Waals surface area contributed by atoms with E-state index in [-0.39, 0.29) is 12.0 Å². The lowest BCUT2D eigenvalue weighted by atomic mass is 9.87. The molecule has 1 N–H and O–H groups in total. The fraction of sp³-hybridized carbons (Fsp3) is 0.333. The van der Waals surface area contributed by atoms with Crippen molar-refractivity contribution in [3.05, 3.63) is 51.7 Å². The van der Waals surface area contributed by atoms with Crippen molar-refractivity contribution >= 4 is 23.1 Å². The molecule has 1 aromatic heterocycles. The van der Waals surface area contributed by atoms with E-state index in [0.717, 1.165) is 11.3 Å². The van der Waals surface area contributed by atoms with Crippen LogP contribution in [-0.4, -0.2) is 11.7 Å². The Morgan fingerprint density at radius 1 is 1.19 bits per heavy atom. The first-order valence-electron chi connectivity index (χ1n) is 6.89. The van der Waals surface area contributed by atoms with Crippen LogP contribution in [0.1, 0.15) is 36.8 Å². The van der Waals surface area contributed by atoms with Gasteiger partial charge in [-0.15, -0.1) is 23.1 Å². The molecule has 0 radical (unpaired) electrons. The maximum absolute atomic E-state index is 8.69. The van der Waals surface area contributed by atoms with Crippen LogP contribution in [0.4, 0.5) is 0 Å². The van der Waals surface area contributed by atoms with E-state index in [4.69, 9.17) is 5.11 Å². The Hall–Kier alpha value is -1.21. The topological polar surface area (TPSA) is 20.2 Å². The molecule has 1 nitrogen and oxygen atoms in total. The lowest BCUT2D eigenvalue weighted by molar-refractivity contribution is 0.350. The van der Waals surface area contributed by atoms with Crippen molar-refractivity contribution in [1.82, 2.24) is 0 Å². The molecular formula is C18H20OS2. The summed E-state index contributed by atoms with van der Waals surface area (Å²) >= 11 is 3.56. The maximum Gasteiger partial charge on any atom is 0.104 e. The number of thioether (sulfide) groups is 1. The van der Waals surface area contributed by atoms with Gasteiger partial charge in [0.05, 0.1) is 0 Å². The van der Waals surface area contributed by atoms with Gasteiger partial charge in [0.15, 0.2) is 0 Å². The molecule has 0 bridgehead atoms. The molecule has 0 unspecified atom stereocenters. The predicted octanol–water partition coefficient (Wildman–Crippen LogP) is 4.68. The van der Waals surface area contributed by atoms with E-state index in [1.165, 1.54) is 15.3 Å². The average Bonchev–Trinajstić information content (AvgIpc) is 2.90. The van der Waals surface area contributed by atoms with Gasteiger partial charge in [0.25, 0.3) is 0 Å². The van der Waals surface area contributed by atoms with Crippen molar-refractivity contribution in [3.63, 3.8) is 0 Å². The highest BCUT2D eigenvalue weighted by atomic mass is 32.2. The quantitative estimate of drug-likeness (QED) is 0.655. The van der Waals surface area contributed by atoms with Gasteiger partial charge in [-0.25, -0.2) is 0 Å². The lowest BCUT2D eigenvalue weighted by Gasteiger charge is -2.19. The highest BCUT2D eigenvalue weighted by Gasteiger charge is 2.12. The number of hydrogen-bond donors (Lipinski definition) is 1. The van der Waals surface area contributed by atoms with Gasteiger partial charge in [0.2, 0.25) is 0 Å². The molecule has 0 fully saturated rings. The van der Waals surface area contributed by atoms with Gasteiger partial charge in [-0.1, -0.05) is 44.7 Å². The number of aliphatic hydroxyl groups is 1. The summed E-state index contributed by atoms with van der Waals surface area (Å²) in [5.74, 6) is 6.57. The molecule has 0 amide bonds. The fourth-order valence-corrected chi connectivity index (χ4v) is 3.64. The molecule has 1 heterocycles. The Kier molecular flexibility index (Phi) is 5.52. The summed E-state index contributed by atoms with van der Waals surface area (Å²) in [6.45, 7) is 6.61. The van der Waals surface area contributed by atoms with E-state index in [0.29, 0.717) is 0 Å². The standard InChI is InChI=1S/C18H20OS2/c1-18(2,3)15-6-8-16(9-7-15)21-13-17-11-14(12-20-17)5-4-10-19/h6-9,11-12,19H,10,13H2,1-3H3. The summed E-state index contributed by atoms with van der Waals surface area (Å²) in [7, 11) is 0. The van der Waals surface area contributed by atoms with Gasteiger partial charge in [0.1, 0.15) is 6.61 Å². The summed E-state index contributed by atoms with van der Waals surface area (Å²) in [4.78, 5) is 2.60. The highest BCUT2D eigenvalue weighted by molar-refractivity contribution is 7.98. The average molecular weight is 316 g/mol. The summed E-state index contributed by atoms with van der Waals surface area (Å²) < 4.78 is 0. The monoisotopic (exact) mass is 316 g/mol. The van der Waals surface area contributed by atoms with Crippen molar-refractivity contribution in [1.29, 1.82) is 0 Å². The number of benzene rings is 1. The molecule has 0 aliphatic heterocycles. The minimum atomic E-state index is -0.0833. The van der Waals surface area contributed by atoms with E-state index in [1.54, 1.807) is 11.3 Å². The molecule has 0 spiro atoms. The minimum Gasteiger partial charge on any atom is -0.384 e. The molecule has 1 aromatic carbocycles. The number of aliphatic hydroxyl groups excluding tert-OH is 1. The first-order chi connectivity index (χ1) is 9.99. The summed E-state index contributed by atoms with van der Waals surface area (Å²) in [6, 6.07) is 10.9. The van der Waals surface area contributed by atoms with Crippen molar-refractivity contribution in [2.45, 2.75) is 36.8 Å². The fourth-order valence-electron chi connectivity index (χ4n) is 1.87. The van der Waals surface area contributed by atoms with Crippen LogP contribution in [0.25, 0.3) is 0 Å². The normalized spacial score (nSPS) is 11.0.